The lowest BCUT2D eigenvalue weighted by Crippen LogP contribution is -2.23. The van der Waals surface area contributed by atoms with Crippen molar-refractivity contribution in [3.8, 4) is 0 Å². The Labute approximate surface area is 121 Å². The van der Waals surface area contributed by atoms with Gasteiger partial charge < -0.3 is 4.42 Å². The molecular weight excluding hydrogens is 270 g/mol. The fraction of sp³-hybridized carbons (Fsp3) is 0.333. The molecule has 0 aromatic carbocycles. The van der Waals surface area contributed by atoms with Gasteiger partial charge in [0.05, 0.1) is 23.2 Å². The first kappa shape index (κ1) is 13.5. The molecule has 2 heterocycles. The normalized spacial score (nSPS) is 17.4. The zero-order chi connectivity index (χ0) is 15.0. The van der Waals surface area contributed by atoms with Gasteiger partial charge >= 0.3 is 0 Å². The molecule has 0 radical (unpaired) electrons. The minimum atomic E-state index is -0.408. The van der Waals surface area contributed by atoms with Gasteiger partial charge in [0.25, 0.3) is 5.91 Å². The summed E-state index contributed by atoms with van der Waals surface area (Å²) in [6, 6.07) is 3.19. The summed E-state index contributed by atoms with van der Waals surface area (Å²) < 4.78 is 5.02. The van der Waals surface area contributed by atoms with Crippen molar-refractivity contribution in [1.82, 2.24) is 9.97 Å². The van der Waals surface area contributed by atoms with Crippen molar-refractivity contribution in [1.29, 1.82) is 0 Å². The zero-order valence-electron chi connectivity index (χ0n) is 11.8. The number of carbonyl (C=O) groups is 2. The Hall–Kier alpha value is -2.50. The number of ketones is 1. The highest BCUT2D eigenvalue weighted by Crippen LogP contribution is 2.26. The quantitative estimate of drug-likeness (QED) is 0.915. The summed E-state index contributed by atoms with van der Waals surface area (Å²) in [6.07, 6.45) is 2.66. The number of amides is 1. The number of furan rings is 1. The second-order valence-electron chi connectivity index (χ2n) is 5.32. The van der Waals surface area contributed by atoms with Crippen LogP contribution in [0.3, 0.4) is 0 Å². The van der Waals surface area contributed by atoms with Crippen LogP contribution in [0.1, 0.15) is 45.6 Å². The van der Waals surface area contributed by atoms with E-state index in [2.05, 4.69) is 15.3 Å². The van der Waals surface area contributed by atoms with Gasteiger partial charge in [-0.05, 0) is 31.4 Å². The van der Waals surface area contributed by atoms with E-state index in [1.165, 1.54) is 6.26 Å². The molecule has 0 aliphatic heterocycles. The number of carbonyl (C=O) groups excluding carboxylic acids is 2. The lowest BCUT2D eigenvalue weighted by Gasteiger charge is -2.21. The highest BCUT2D eigenvalue weighted by Gasteiger charge is 2.27. The average molecular weight is 285 g/mol. The van der Waals surface area contributed by atoms with Crippen LogP contribution in [0.4, 0.5) is 5.95 Å². The van der Waals surface area contributed by atoms with Crippen molar-refractivity contribution >= 4 is 17.6 Å². The van der Waals surface area contributed by atoms with Gasteiger partial charge in [-0.25, -0.2) is 9.97 Å². The van der Waals surface area contributed by atoms with Gasteiger partial charge in [-0.3, -0.25) is 14.9 Å². The van der Waals surface area contributed by atoms with Crippen LogP contribution in [0.25, 0.3) is 0 Å². The molecule has 1 aliphatic carbocycles. The molecule has 0 fully saturated rings. The molecule has 21 heavy (non-hydrogen) atoms. The van der Waals surface area contributed by atoms with Crippen molar-refractivity contribution in [3.05, 3.63) is 41.1 Å². The lowest BCUT2D eigenvalue weighted by atomic mass is 9.86. The predicted octanol–water partition coefficient (Wildman–Crippen LogP) is 2.40. The molecule has 6 nitrogen and oxygen atoms in total. The molecule has 0 spiro atoms. The molecule has 0 saturated heterocycles. The number of rotatable bonds is 2. The monoisotopic (exact) mass is 285 g/mol. The number of fused-ring (bicyclic) bond motifs is 1. The minimum Gasteiger partial charge on any atom is -0.459 e. The second kappa shape index (κ2) is 5.12. The standard InChI is InChI=1S/C15H15N3O3/c1-8-6-10-13(11(19)7-8)9(2)16-15(17-10)18-14(20)12-4-3-5-21-12/h3-5,8H,6-7H2,1-2H3,(H,16,17,18,20)/t8-/m0/s1. The van der Waals surface area contributed by atoms with Crippen LogP contribution in [0.5, 0.6) is 0 Å². The molecule has 6 heteroatoms. The third-order valence-electron chi connectivity index (χ3n) is 3.49. The molecule has 1 aliphatic rings. The highest BCUT2D eigenvalue weighted by atomic mass is 16.3. The van der Waals surface area contributed by atoms with E-state index < -0.39 is 5.91 Å². The Kier molecular flexibility index (Phi) is 3.29. The Bertz CT molecular complexity index is 707. The maximum atomic E-state index is 12.1. The number of Topliss-reactive ketones (excluding diaryl/α,β-unsaturated/α-hetero) is 1. The molecule has 0 bridgehead atoms. The number of aromatic nitrogens is 2. The number of aryl methyl sites for hydroxylation is 1. The summed E-state index contributed by atoms with van der Waals surface area (Å²) in [6.45, 7) is 3.77. The summed E-state index contributed by atoms with van der Waals surface area (Å²) in [5, 5.41) is 2.60. The van der Waals surface area contributed by atoms with Crippen LogP contribution >= 0.6 is 0 Å². The number of hydrogen-bond donors (Lipinski definition) is 1. The molecule has 1 atom stereocenters. The van der Waals surface area contributed by atoms with E-state index in [1.54, 1.807) is 19.1 Å². The zero-order valence-corrected chi connectivity index (χ0v) is 11.8. The molecule has 1 N–H and O–H groups in total. The minimum absolute atomic E-state index is 0.0742. The molecule has 2 aromatic rings. The summed E-state index contributed by atoms with van der Waals surface area (Å²) >= 11 is 0. The van der Waals surface area contributed by atoms with Crippen LogP contribution < -0.4 is 5.32 Å². The molecule has 0 saturated carbocycles. The van der Waals surface area contributed by atoms with Crippen molar-refractivity contribution in [2.75, 3.05) is 5.32 Å². The van der Waals surface area contributed by atoms with Crippen molar-refractivity contribution in [3.63, 3.8) is 0 Å². The van der Waals surface area contributed by atoms with Gasteiger partial charge in [-0.15, -0.1) is 0 Å². The van der Waals surface area contributed by atoms with Crippen molar-refractivity contribution < 1.29 is 14.0 Å². The van der Waals surface area contributed by atoms with Gasteiger partial charge in [0.1, 0.15) is 0 Å². The molecular formula is C15H15N3O3. The number of nitrogens with one attached hydrogen (secondary N) is 1. The van der Waals surface area contributed by atoms with Crippen molar-refractivity contribution in [2.24, 2.45) is 5.92 Å². The van der Waals surface area contributed by atoms with E-state index >= 15 is 0 Å². The van der Waals surface area contributed by atoms with Gasteiger partial charge in [0.15, 0.2) is 11.5 Å². The van der Waals surface area contributed by atoms with Crippen LogP contribution in [0.2, 0.25) is 0 Å². The van der Waals surface area contributed by atoms with E-state index in [1.807, 2.05) is 6.92 Å². The van der Waals surface area contributed by atoms with Crippen LogP contribution in [0, 0.1) is 12.8 Å². The van der Waals surface area contributed by atoms with E-state index in [9.17, 15) is 9.59 Å². The third kappa shape index (κ3) is 2.56. The fourth-order valence-electron chi connectivity index (χ4n) is 2.59. The van der Waals surface area contributed by atoms with Gasteiger partial charge in [0, 0.05) is 6.42 Å². The Morgan fingerprint density at radius 1 is 1.38 bits per heavy atom. The maximum absolute atomic E-state index is 12.1. The molecule has 0 unspecified atom stereocenters. The summed E-state index contributed by atoms with van der Waals surface area (Å²) in [4.78, 5) is 32.5. The number of hydrogen-bond acceptors (Lipinski definition) is 5. The first-order chi connectivity index (χ1) is 10.0. The fourth-order valence-corrected chi connectivity index (χ4v) is 2.59. The SMILES string of the molecule is Cc1nc(NC(=O)c2ccco2)nc2c1C(=O)C[C@@H](C)C2. The van der Waals surface area contributed by atoms with E-state index in [-0.39, 0.29) is 23.4 Å². The van der Waals surface area contributed by atoms with E-state index in [0.717, 1.165) is 0 Å². The van der Waals surface area contributed by atoms with E-state index in [4.69, 9.17) is 4.42 Å². The van der Waals surface area contributed by atoms with Gasteiger partial charge in [-0.1, -0.05) is 6.92 Å². The number of nitrogens with zero attached hydrogens (tertiary/aromatic N) is 2. The van der Waals surface area contributed by atoms with Crippen LogP contribution in [0.15, 0.2) is 22.8 Å². The number of anilines is 1. The third-order valence-corrected chi connectivity index (χ3v) is 3.49. The van der Waals surface area contributed by atoms with E-state index in [0.29, 0.717) is 29.8 Å². The Morgan fingerprint density at radius 3 is 2.90 bits per heavy atom. The topological polar surface area (TPSA) is 85.1 Å². The van der Waals surface area contributed by atoms with Crippen LogP contribution in [-0.4, -0.2) is 21.7 Å². The second-order valence-corrected chi connectivity index (χ2v) is 5.32. The van der Waals surface area contributed by atoms with Gasteiger partial charge in [0.2, 0.25) is 5.95 Å². The summed E-state index contributed by atoms with van der Waals surface area (Å²) in [5.74, 6) is 0.320. The predicted molar refractivity (Wildman–Crippen MR) is 75.2 cm³/mol. The smallest absolute Gasteiger partial charge is 0.293 e. The Balaban J connectivity index is 1.91. The molecule has 108 valence electrons. The highest BCUT2D eigenvalue weighted by molar-refractivity contribution is 6.02. The largest absolute Gasteiger partial charge is 0.459 e. The average Bonchev–Trinajstić information content (AvgIpc) is 2.90. The Morgan fingerprint density at radius 2 is 2.19 bits per heavy atom. The van der Waals surface area contributed by atoms with Gasteiger partial charge in [-0.2, -0.15) is 0 Å². The molecule has 3 rings (SSSR count). The van der Waals surface area contributed by atoms with Crippen LogP contribution in [-0.2, 0) is 6.42 Å². The maximum Gasteiger partial charge on any atom is 0.293 e. The van der Waals surface area contributed by atoms with Crippen molar-refractivity contribution in [2.45, 2.75) is 26.7 Å². The first-order valence-electron chi connectivity index (χ1n) is 6.80. The summed E-state index contributed by atoms with van der Waals surface area (Å²) in [5.41, 5.74) is 1.91. The lowest BCUT2D eigenvalue weighted by molar-refractivity contribution is 0.0950. The molecule has 2 aromatic heterocycles. The summed E-state index contributed by atoms with van der Waals surface area (Å²) in [7, 11) is 0. The molecule has 1 amide bonds. The first-order valence-corrected chi connectivity index (χ1v) is 6.80.